The molecular weight excluding hydrogens is 408 g/mol. The predicted molar refractivity (Wildman–Crippen MR) is 114 cm³/mol. The highest BCUT2D eigenvalue weighted by atomic mass is 16.3. The Kier molecular flexibility index (Phi) is 4.97. The van der Waals surface area contributed by atoms with Crippen molar-refractivity contribution < 1.29 is 18.8 Å². The topological polar surface area (TPSA) is 95.8 Å². The van der Waals surface area contributed by atoms with E-state index in [1.54, 1.807) is 41.8 Å². The summed E-state index contributed by atoms with van der Waals surface area (Å²) < 4.78 is 5.41. The Morgan fingerprint density at radius 3 is 2.78 bits per heavy atom. The first-order valence-electron chi connectivity index (χ1n) is 10.5. The average molecular weight is 430 g/mol. The van der Waals surface area contributed by atoms with Gasteiger partial charge in [-0.2, -0.15) is 0 Å². The van der Waals surface area contributed by atoms with Crippen molar-refractivity contribution in [3.8, 4) is 0 Å². The second kappa shape index (κ2) is 7.96. The number of amides is 4. The Labute approximate surface area is 184 Å². The van der Waals surface area contributed by atoms with E-state index in [1.807, 2.05) is 30.3 Å². The number of carbonyl (C=O) groups excluding carboxylic acids is 3. The number of carbonyl (C=O) groups is 3. The monoisotopic (exact) mass is 430 g/mol. The van der Waals surface area contributed by atoms with Crippen molar-refractivity contribution in [2.45, 2.75) is 31.5 Å². The number of benzene rings is 1. The van der Waals surface area contributed by atoms with Gasteiger partial charge in [-0.15, -0.1) is 0 Å². The van der Waals surface area contributed by atoms with Gasteiger partial charge in [0.25, 0.3) is 5.91 Å². The maximum Gasteiger partial charge on any atom is 0.325 e. The SMILES string of the molecule is O=C(CN1C(=O)NC2(CCc3ccccc32)C1=O)N(Cc1cccnc1)Cc1ccco1. The highest BCUT2D eigenvalue weighted by molar-refractivity contribution is 6.09. The summed E-state index contributed by atoms with van der Waals surface area (Å²) in [5, 5.41) is 2.86. The molecule has 2 aliphatic rings. The second-order valence-electron chi connectivity index (χ2n) is 8.07. The lowest BCUT2D eigenvalue weighted by molar-refractivity contribution is -0.140. The zero-order valence-corrected chi connectivity index (χ0v) is 17.4. The van der Waals surface area contributed by atoms with Crippen LogP contribution >= 0.6 is 0 Å². The summed E-state index contributed by atoms with van der Waals surface area (Å²) in [5.41, 5.74) is 1.62. The summed E-state index contributed by atoms with van der Waals surface area (Å²) in [4.78, 5) is 46.1. The molecule has 1 atom stereocenters. The number of nitrogens with one attached hydrogen (secondary N) is 1. The minimum Gasteiger partial charge on any atom is -0.467 e. The number of nitrogens with zero attached hydrogens (tertiary/aromatic N) is 3. The van der Waals surface area contributed by atoms with E-state index in [0.717, 1.165) is 21.6 Å². The van der Waals surface area contributed by atoms with Crippen LogP contribution in [-0.4, -0.2) is 39.2 Å². The zero-order valence-electron chi connectivity index (χ0n) is 17.4. The van der Waals surface area contributed by atoms with Crippen LogP contribution in [0.2, 0.25) is 0 Å². The fourth-order valence-electron chi connectivity index (χ4n) is 4.50. The third kappa shape index (κ3) is 3.43. The van der Waals surface area contributed by atoms with Gasteiger partial charge in [-0.05, 0) is 47.7 Å². The maximum absolute atomic E-state index is 13.4. The van der Waals surface area contributed by atoms with Crippen molar-refractivity contribution in [3.05, 3.63) is 89.6 Å². The first-order chi connectivity index (χ1) is 15.6. The highest BCUT2D eigenvalue weighted by Gasteiger charge is 2.55. The van der Waals surface area contributed by atoms with Crippen LogP contribution in [0.3, 0.4) is 0 Å². The van der Waals surface area contributed by atoms with Crippen LogP contribution in [0.15, 0.2) is 71.6 Å². The van der Waals surface area contributed by atoms with Crippen LogP contribution in [0.5, 0.6) is 0 Å². The summed E-state index contributed by atoms with van der Waals surface area (Å²) in [5.74, 6) is -0.113. The normalized spacial score (nSPS) is 19.3. The van der Waals surface area contributed by atoms with Crippen LogP contribution in [0.25, 0.3) is 0 Å². The number of fused-ring (bicyclic) bond motifs is 2. The Balaban J connectivity index is 1.37. The van der Waals surface area contributed by atoms with Crippen molar-refractivity contribution in [2.24, 2.45) is 0 Å². The molecule has 8 heteroatoms. The fourth-order valence-corrected chi connectivity index (χ4v) is 4.50. The molecule has 32 heavy (non-hydrogen) atoms. The maximum atomic E-state index is 13.4. The molecule has 5 rings (SSSR count). The summed E-state index contributed by atoms with van der Waals surface area (Å²) in [6, 6.07) is 14.3. The van der Waals surface area contributed by atoms with E-state index >= 15 is 0 Å². The summed E-state index contributed by atoms with van der Waals surface area (Å²) >= 11 is 0. The van der Waals surface area contributed by atoms with Gasteiger partial charge in [0, 0.05) is 18.9 Å². The molecule has 3 aromatic rings. The molecule has 0 bridgehead atoms. The smallest absolute Gasteiger partial charge is 0.325 e. The van der Waals surface area contributed by atoms with Gasteiger partial charge in [-0.1, -0.05) is 30.3 Å². The number of imide groups is 1. The lowest BCUT2D eigenvalue weighted by Crippen LogP contribution is -2.44. The fraction of sp³-hybridized carbons (Fsp3) is 0.250. The Hall–Kier alpha value is -3.94. The molecule has 1 spiro atoms. The first-order valence-corrected chi connectivity index (χ1v) is 10.5. The quantitative estimate of drug-likeness (QED) is 0.607. The molecule has 1 aliphatic carbocycles. The van der Waals surface area contributed by atoms with E-state index in [9.17, 15) is 14.4 Å². The number of aromatic nitrogens is 1. The molecule has 3 heterocycles. The van der Waals surface area contributed by atoms with Gasteiger partial charge in [0.15, 0.2) is 0 Å². The van der Waals surface area contributed by atoms with Crippen molar-refractivity contribution in [1.29, 1.82) is 0 Å². The third-order valence-electron chi connectivity index (χ3n) is 6.09. The number of rotatable bonds is 6. The number of hydrogen-bond acceptors (Lipinski definition) is 5. The first kappa shape index (κ1) is 20.0. The van der Waals surface area contributed by atoms with Crippen molar-refractivity contribution in [1.82, 2.24) is 20.1 Å². The third-order valence-corrected chi connectivity index (χ3v) is 6.09. The second-order valence-corrected chi connectivity index (χ2v) is 8.07. The lowest BCUT2D eigenvalue weighted by Gasteiger charge is -2.25. The number of urea groups is 1. The molecule has 162 valence electrons. The lowest BCUT2D eigenvalue weighted by atomic mass is 9.92. The minimum atomic E-state index is -1.08. The van der Waals surface area contributed by atoms with E-state index in [1.165, 1.54) is 0 Å². The highest BCUT2D eigenvalue weighted by Crippen LogP contribution is 2.41. The molecular formula is C24H22N4O4. The number of furan rings is 1. The van der Waals surface area contributed by atoms with Gasteiger partial charge in [-0.25, -0.2) is 4.79 Å². The molecule has 1 saturated heterocycles. The molecule has 1 fully saturated rings. The Morgan fingerprint density at radius 2 is 2.00 bits per heavy atom. The zero-order chi connectivity index (χ0) is 22.1. The molecule has 1 unspecified atom stereocenters. The number of hydrogen-bond donors (Lipinski definition) is 1. The predicted octanol–water partition coefficient (Wildman–Crippen LogP) is 2.60. The summed E-state index contributed by atoms with van der Waals surface area (Å²) in [7, 11) is 0. The average Bonchev–Trinajstić information content (AvgIpc) is 3.51. The van der Waals surface area contributed by atoms with E-state index in [4.69, 9.17) is 4.42 Å². The van der Waals surface area contributed by atoms with E-state index in [-0.39, 0.29) is 31.4 Å². The van der Waals surface area contributed by atoms with E-state index in [2.05, 4.69) is 10.3 Å². The summed E-state index contributed by atoms with van der Waals surface area (Å²) in [6.07, 6.45) is 6.08. The van der Waals surface area contributed by atoms with Crippen molar-refractivity contribution in [3.63, 3.8) is 0 Å². The van der Waals surface area contributed by atoms with Crippen molar-refractivity contribution >= 4 is 17.8 Å². The van der Waals surface area contributed by atoms with Crippen LogP contribution in [0, 0.1) is 0 Å². The molecule has 8 nitrogen and oxygen atoms in total. The standard InChI is InChI=1S/C24H22N4O4/c29-21(27(15-19-7-4-12-32-19)14-17-5-3-11-25-13-17)16-28-22(30)24(26-23(28)31)10-9-18-6-1-2-8-20(18)24/h1-8,11-13H,9-10,14-16H2,(H,26,31). The van der Waals surface area contributed by atoms with Gasteiger partial charge in [-0.3, -0.25) is 19.5 Å². The minimum absolute atomic E-state index is 0.221. The van der Waals surface area contributed by atoms with Gasteiger partial charge >= 0.3 is 6.03 Å². The number of pyridine rings is 1. The van der Waals surface area contributed by atoms with Crippen LogP contribution in [0.4, 0.5) is 4.79 Å². The van der Waals surface area contributed by atoms with Crippen molar-refractivity contribution in [2.75, 3.05) is 6.54 Å². The molecule has 1 aromatic carbocycles. The van der Waals surface area contributed by atoms with Gasteiger partial charge < -0.3 is 14.6 Å². The molecule has 2 aromatic heterocycles. The van der Waals surface area contributed by atoms with E-state index < -0.39 is 11.6 Å². The molecule has 4 amide bonds. The molecule has 1 aliphatic heterocycles. The molecule has 1 N–H and O–H groups in total. The Morgan fingerprint density at radius 1 is 1.12 bits per heavy atom. The van der Waals surface area contributed by atoms with Crippen LogP contribution < -0.4 is 5.32 Å². The van der Waals surface area contributed by atoms with Crippen LogP contribution in [-0.2, 0) is 34.6 Å². The number of aryl methyl sites for hydroxylation is 1. The van der Waals surface area contributed by atoms with E-state index in [0.29, 0.717) is 18.6 Å². The largest absolute Gasteiger partial charge is 0.467 e. The van der Waals surface area contributed by atoms with Gasteiger partial charge in [0.1, 0.15) is 17.8 Å². The van der Waals surface area contributed by atoms with Gasteiger partial charge in [0.05, 0.1) is 12.8 Å². The van der Waals surface area contributed by atoms with Crippen LogP contribution in [0.1, 0.15) is 28.9 Å². The molecule has 0 radical (unpaired) electrons. The van der Waals surface area contributed by atoms with Gasteiger partial charge in [0.2, 0.25) is 5.91 Å². The summed E-state index contributed by atoms with van der Waals surface area (Å²) in [6.45, 7) is 0.166. The molecule has 0 saturated carbocycles. The Bertz CT molecular complexity index is 1160.